The molecule has 1 aliphatic rings. The molecule has 32 heavy (non-hydrogen) atoms. The zero-order valence-corrected chi connectivity index (χ0v) is 18.7. The molecule has 0 unspecified atom stereocenters. The van der Waals surface area contributed by atoms with Crippen molar-refractivity contribution in [2.24, 2.45) is 0 Å². The molecule has 1 amide bonds. The highest BCUT2D eigenvalue weighted by Gasteiger charge is 2.29. The van der Waals surface area contributed by atoms with Gasteiger partial charge < -0.3 is 14.0 Å². The SMILES string of the molecule is CC(=O)N1CCN(S(=O)(=O)c2ccc(C(=O)OCc3cn4cccc(C)c4n3)cc2)CC1. The third-order valence-corrected chi connectivity index (χ3v) is 7.40. The fourth-order valence-electron chi connectivity index (χ4n) is 3.65. The second-order valence-corrected chi connectivity index (χ2v) is 9.60. The van der Waals surface area contributed by atoms with Gasteiger partial charge in [-0.1, -0.05) is 6.07 Å². The molecular weight excluding hydrogens is 432 g/mol. The van der Waals surface area contributed by atoms with E-state index in [0.717, 1.165) is 11.2 Å². The Hall–Kier alpha value is -3.24. The summed E-state index contributed by atoms with van der Waals surface area (Å²) in [6.07, 6.45) is 3.68. The Morgan fingerprint density at radius 3 is 2.38 bits per heavy atom. The van der Waals surface area contributed by atoms with E-state index in [1.54, 1.807) is 11.1 Å². The molecule has 9 nitrogen and oxygen atoms in total. The van der Waals surface area contributed by atoms with E-state index in [0.29, 0.717) is 18.8 Å². The zero-order chi connectivity index (χ0) is 22.9. The highest BCUT2D eigenvalue weighted by molar-refractivity contribution is 7.89. The largest absolute Gasteiger partial charge is 0.456 e. The molecule has 10 heteroatoms. The van der Waals surface area contributed by atoms with Gasteiger partial charge in [0.2, 0.25) is 15.9 Å². The van der Waals surface area contributed by atoms with Gasteiger partial charge in [-0.3, -0.25) is 4.79 Å². The van der Waals surface area contributed by atoms with Crippen molar-refractivity contribution < 1.29 is 22.7 Å². The number of carbonyl (C=O) groups is 2. The lowest BCUT2D eigenvalue weighted by Gasteiger charge is -2.33. The summed E-state index contributed by atoms with van der Waals surface area (Å²) in [5.41, 5.74) is 2.70. The first-order valence-corrected chi connectivity index (χ1v) is 11.7. The van der Waals surface area contributed by atoms with Gasteiger partial charge >= 0.3 is 5.97 Å². The molecule has 0 N–H and O–H groups in total. The molecule has 3 aromatic rings. The van der Waals surface area contributed by atoms with Crippen LogP contribution in [0.15, 0.2) is 53.7 Å². The molecule has 0 bridgehead atoms. The second kappa shape index (κ2) is 8.71. The quantitative estimate of drug-likeness (QED) is 0.543. The number of amides is 1. The molecule has 1 aliphatic heterocycles. The number of esters is 1. The van der Waals surface area contributed by atoms with Crippen LogP contribution in [0.4, 0.5) is 0 Å². The molecular formula is C22H24N4O5S. The normalized spacial score (nSPS) is 15.1. The highest BCUT2D eigenvalue weighted by atomic mass is 32.2. The molecule has 1 fully saturated rings. The lowest BCUT2D eigenvalue weighted by Crippen LogP contribution is -2.49. The smallest absolute Gasteiger partial charge is 0.338 e. The number of piperazine rings is 1. The van der Waals surface area contributed by atoms with Gasteiger partial charge in [-0.2, -0.15) is 4.31 Å². The molecule has 0 radical (unpaired) electrons. The van der Waals surface area contributed by atoms with Gasteiger partial charge in [0.25, 0.3) is 0 Å². The third-order valence-electron chi connectivity index (χ3n) is 5.49. The number of fused-ring (bicyclic) bond motifs is 1. The molecule has 1 saturated heterocycles. The Bertz CT molecular complexity index is 1260. The molecule has 0 atom stereocenters. The first-order chi connectivity index (χ1) is 15.3. The fraction of sp³-hybridized carbons (Fsp3) is 0.318. The number of rotatable bonds is 5. The van der Waals surface area contributed by atoms with Crippen molar-refractivity contribution >= 4 is 27.5 Å². The van der Waals surface area contributed by atoms with Gasteiger partial charge in [-0.15, -0.1) is 0 Å². The Morgan fingerprint density at radius 2 is 1.75 bits per heavy atom. The van der Waals surface area contributed by atoms with Crippen molar-refractivity contribution in [2.75, 3.05) is 26.2 Å². The summed E-state index contributed by atoms with van der Waals surface area (Å²) >= 11 is 0. The van der Waals surface area contributed by atoms with Crippen molar-refractivity contribution in [3.05, 3.63) is 65.6 Å². The number of benzene rings is 1. The topological polar surface area (TPSA) is 101 Å². The molecule has 0 aliphatic carbocycles. The van der Waals surface area contributed by atoms with Crippen molar-refractivity contribution in [3.8, 4) is 0 Å². The molecule has 3 heterocycles. The molecule has 4 rings (SSSR count). The Kier molecular flexibility index (Phi) is 5.98. The minimum Gasteiger partial charge on any atom is -0.456 e. The van der Waals surface area contributed by atoms with Crippen molar-refractivity contribution in [1.29, 1.82) is 0 Å². The standard InChI is InChI=1S/C22H24N4O5S/c1-16-4-3-9-25-14-19(23-21(16)25)15-31-22(28)18-5-7-20(8-6-18)32(29,30)26-12-10-24(11-13-26)17(2)27/h3-9,14H,10-13,15H2,1-2H3. The van der Waals surface area contributed by atoms with Crippen LogP contribution in [0.1, 0.15) is 28.5 Å². The maximum Gasteiger partial charge on any atom is 0.338 e. The first kappa shape index (κ1) is 22.0. The third kappa shape index (κ3) is 4.37. The zero-order valence-electron chi connectivity index (χ0n) is 17.9. The van der Waals surface area contributed by atoms with Crippen LogP contribution in [0.5, 0.6) is 0 Å². The van der Waals surface area contributed by atoms with Crippen LogP contribution in [0, 0.1) is 6.92 Å². The molecule has 0 spiro atoms. The van der Waals surface area contributed by atoms with E-state index in [-0.39, 0.29) is 36.1 Å². The highest BCUT2D eigenvalue weighted by Crippen LogP contribution is 2.19. The number of sulfonamides is 1. The van der Waals surface area contributed by atoms with Gasteiger partial charge in [0.1, 0.15) is 12.3 Å². The average Bonchev–Trinajstić information content (AvgIpc) is 3.22. The predicted molar refractivity (Wildman–Crippen MR) is 117 cm³/mol. The number of hydrogen-bond donors (Lipinski definition) is 0. The summed E-state index contributed by atoms with van der Waals surface area (Å²) in [6, 6.07) is 9.55. The van der Waals surface area contributed by atoms with Crippen LogP contribution in [-0.4, -0.2) is 65.1 Å². The number of nitrogens with zero attached hydrogens (tertiary/aromatic N) is 4. The van der Waals surface area contributed by atoms with Gasteiger partial charge in [0.05, 0.1) is 16.2 Å². The molecule has 168 valence electrons. The number of aryl methyl sites for hydroxylation is 1. The number of pyridine rings is 1. The Morgan fingerprint density at radius 1 is 1.06 bits per heavy atom. The van der Waals surface area contributed by atoms with Crippen LogP contribution in [0.25, 0.3) is 5.65 Å². The van der Waals surface area contributed by atoms with Crippen molar-refractivity contribution in [2.45, 2.75) is 25.3 Å². The summed E-state index contributed by atoms with van der Waals surface area (Å²) in [7, 11) is -3.70. The van der Waals surface area contributed by atoms with Crippen molar-refractivity contribution in [1.82, 2.24) is 18.6 Å². The van der Waals surface area contributed by atoms with Gasteiger partial charge in [0, 0.05) is 45.5 Å². The predicted octanol–water partition coefficient (Wildman–Crippen LogP) is 1.85. The monoisotopic (exact) mass is 456 g/mol. The Balaban J connectivity index is 1.39. The fourth-order valence-corrected chi connectivity index (χ4v) is 5.07. The number of imidazole rings is 1. The maximum atomic E-state index is 12.9. The summed E-state index contributed by atoms with van der Waals surface area (Å²) < 4.78 is 34.3. The lowest BCUT2D eigenvalue weighted by molar-refractivity contribution is -0.129. The molecule has 1 aromatic carbocycles. The maximum absolute atomic E-state index is 12.9. The van der Waals surface area contributed by atoms with E-state index in [2.05, 4.69) is 4.98 Å². The summed E-state index contributed by atoms with van der Waals surface area (Å²) in [5.74, 6) is -0.624. The van der Waals surface area contributed by atoms with Crippen LogP contribution in [-0.2, 0) is 26.2 Å². The Labute approximate surface area is 186 Å². The first-order valence-electron chi connectivity index (χ1n) is 10.2. The van der Waals surface area contributed by atoms with Crippen molar-refractivity contribution in [3.63, 3.8) is 0 Å². The summed E-state index contributed by atoms with van der Waals surface area (Å²) in [5, 5.41) is 0. The van der Waals surface area contributed by atoms with Gasteiger partial charge in [-0.05, 0) is 42.8 Å². The summed E-state index contributed by atoms with van der Waals surface area (Å²) in [4.78, 5) is 30.0. The molecule has 0 saturated carbocycles. The lowest BCUT2D eigenvalue weighted by atomic mass is 10.2. The van der Waals surface area contributed by atoms with Crippen LogP contribution in [0.3, 0.4) is 0 Å². The van der Waals surface area contributed by atoms with Crippen LogP contribution >= 0.6 is 0 Å². The summed E-state index contributed by atoms with van der Waals surface area (Å²) in [6.45, 7) is 4.65. The number of carbonyl (C=O) groups excluding carboxylic acids is 2. The number of aromatic nitrogens is 2. The number of hydrogen-bond acceptors (Lipinski definition) is 6. The van der Waals surface area contributed by atoms with E-state index in [1.807, 2.05) is 29.7 Å². The van der Waals surface area contributed by atoms with Crippen LogP contribution in [0.2, 0.25) is 0 Å². The molecule has 2 aromatic heterocycles. The van der Waals surface area contributed by atoms with E-state index in [1.165, 1.54) is 35.5 Å². The number of ether oxygens (including phenoxy) is 1. The second-order valence-electron chi connectivity index (χ2n) is 7.66. The van der Waals surface area contributed by atoms with E-state index in [9.17, 15) is 18.0 Å². The average molecular weight is 457 g/mol. The van der Waals surface area contributed by atoms with Crippen LogP contribution < -0.4 is 0 Å². The van der Waals surface area contributed by atoms with Gasteiger partial charge in [0.15, 0.2) is 0 Å². The minimum atomic E-state index is -3.70. The van der Waals surface area contributed by atoms with E-state index < -0.39 is 16.0 Å². The van der Waals surface area contributed by atoms with E-state index >= 15 is 0 Å². The van der Waals surface area contributed by atoms with E-state index in [4.69, 9.17) is 4.74 Å². The minimum absolute atomic E-state index is 0.0143. The van der Waals surface area contributed by atoms with Gasteiger partial charge in [-0.25, -0.2) is 18.2 Å².